The highest BCUT2D eigenvalue weighted by molar-refractivity contribution is 7.92. The molecule has 0 aliphatic carbocycles. The van der Waals surface area contributed by atoms with Crippen LogP contribution in [0.25, 0.3) is 16.8 Å². The van der Waals surface area contributed by atoms with Crippen LogP contribution in [0.15, 0.2) is 67.3 Å². The molecule has 0 unspecified atom stereocenters. The average molecular weight is 477 g/mol. The molecular weight excluding hydrogens is 452 g/mol. The van der Waals surface area contributed by atoms with Crippen molar-refractivity contribution in [1.29, 1.82) is 0 Å². The van der Waals surface area contributed by atoms with E-state index in [0.29, 0.717) is 28.3 Å². The van der Waals surface area contributed by atoms with Crippen LogP contribution in [0.1, 0.15) is 27.0 Å². The fraction of sp³-hybridized carbons (Fsp3) is 0.160. The standard InChI is InChI=1S/C25H24N4O4S/c1-16-10-20(13-24(33-3)17(16)2)25(30)22-9-8-19(12-23(22)29-15-26-14-27-29)18-6-5-7-21(11-18)28-34(4,31)32/h5-15,28H,1-4H3. The van der Waals surface area contributed by atoms with Gasteiger partial charge in [-0.25, -0.2) is 18.1 Å². The van der Waals surface area contributed by atoms with E-state index in [-0.39, 0.29) is 5.78 Å². The number of carbonyl (C=O) groups is 1. The second kappa shape index (κ2) is 9.11. The van der Waals surface area contributed by atoms with Crippen molar-refractivity contribution in [2.45, 2.75) is 13.8 Å². The first kappa shape index (κ1) is 23.2. The smallest absolute Gasteiger partial charge is 0.229 e. The Morgan fingerprint density at radius 1 is 1.03 bits per heavy atom. The van der Waals surface area contributed by atoms with Gasteiger partial charge in [-0.15, -0.1) is 0 Å². The molecule has 4 rings (SSSR count). The second-order valence-electron chi connectivity index (χ2n) is 7.98. The summed E-state index contributed by atoms with van der Waals surface area (Å²) in [5, 5.41) is 4.23. The fourth-order valence-corrected chi connectivity index (χ4v) is 4.28. The Hall–Kier alpha value is -3.98. The third kappa shape index (κ3) is 4.84. The molecule has 3 aromatic carbocycles. The van der Waals surface area contributed by atoms with Crippen LogP contribution in [0.4, 0.5) is 5.69 Å². The van der Waals surface area contributed by atoms with Crippen LogP contribution in [0.5, 0.6) is 5.75 Å². The Balaban J connectivity index is 1.82. The van der Waals surface area contributed by atoms with Crippen LogP contribution in [0.3, 0.4) is 0 Å². The molecular formula is C25H24N4O4S. The maximum Gasteiger partial charge on any atom is 0.229 e. The normalized spacial score (nSPS) is 11.3. The summed E-state index contributed by atoms with van der Waals surface area (Å²) in [6.07, 6.45) is 4.03. The van der Waals surface area contributed by atoms with Crippen LogP contribution in [0, 0.1) is 13.8 Å². The first-order valence-electron chi connectivity index (χ1n) is 10.4. The molecule has 1 heterocycles. The van der Waals surface area contributed by atoms with Crippen molar-refractivity contribution >= 4 is 21.5 Å². The van der Waals surface area contributed by atoms with Gasteiger partial charge in [-0.1, -0.05) is 18.2 Å². The predicted molar refractivity (Wildman–Crippen MR) is 131 cm³/mol. The minimum Gasteiger partial charge on any atom is -0.496 e. The third-order valence-electron chi connectivity index (χ3n) is 5.51. The molecule has 0 aliphatic rings. The average Bonchev–Trinajstić information content (AvgIpc) is 3.34. The molecule has 0 aliphatic heterocycles. The van der Waals surface area contributed by atoms with Crippen molar-refractivity contribution in [3.8, 4) is 22.6 Å². The lowest BCUT2D eigenvalue weighted by atomic mass is 9.95. The number of aryl methyl sites for hydroxylation is 1. The van der Waals surface area contributed by atoms with Crippen molar-refractivity contribution < 1.29 is 17.9 Å². The molecule has 174 valence electrons. The molecule has 0 amide bonds. The van der Waals surface area contributed by atoms with E-state index in [1.54, 1.807) is 37.4 Å². The van der Waals surface area contributed by atoms with E-state index < -0.39 is 10.0 Å². The molecule has 0 spiro atoms. The fourth-order valence-electron chi connectivity index (χ4n) is 3.73. The highest BCUT2D eigenvalue weighted by Crippen LogP contribution is 2.30. The molecule has 4 aromatic rings. The number of methoxy groups -OCH3 is 1. The summed E-state index contributed by atoms with van der Waals surface area (Å²) in [5.74, 6) is 0.475. The van der Waals surface area contributed by atoms with E-state index >= 15 is 0 Å². The summed E-state index contributed by atoms with van der Waals surface area (Å²) in [7, 11) is -1.83. The van der Waals surface area contributed by atoms with Gasteiger partial charge in [0.2, 0.25) is 10.0 Å². The topological polar surface area (TPSA) is 103 Å². The van der Waals surface area contributed by atoms with E-state index in [1.165, 1.54) is 17.3 Å². The third-order valence-corrected chi connectivity index (χ3v) is 6.12. The van der Waals surface area contributed by atoms with Gasteiger partial charge in [-0.2, -0.15) is 5.10 Å². The number of ether oxygens (including phenoxy) is 1. The Morgan fingerprint density at radius 3 is 2.47 bits per heavy atom. The molecule has 34 heavy (non-hydrogen) atoms. The molecule has 0 atom stereocenters. The molecule has 8 nitrogen and oxygen atoms in total. The van der Waals surface area contributed by atoms with E-state index in [2.05, 4.69) is 14.8 Å². The Kier molecular flexibility index (Phi) is 6.21. The summed E-state index contributed by atoms with van der Waals surface area (Å²) >= 11 is 0. The number of carbonyl (C=O) groups excluding carboxylic acids is 1. The number of sulfonamides is 1. The SMILES string of the molecule is COc1cc(C(=O)c2ccc(-c3cccc(NS(C)(=O)=O)c3)cc2-n2cncn2)cc(C)c1C. The van der Waals surface area contributed by atoms with Gasteiger partial charge >= 0.3 is 0 Å². The van der Waals surface area contributed by atoms with Gasteiger partial charge < -0.3 is 4.74 Å². The van der Waals surface area contributed by atoms with Crippen molar-refractivity contribution in [2.75, 3.05) is 18.1 Å². The molecule has 9 heteroatoms. The zero-order valence-corrected chi connectivity index (χ0v) is 20.1. The second-order valence-corrected chi connectivity index (χ2v) is 9.72. The molecule has 0 saturated carbocycles. The van der Waals surface area contributed by atoms with E-state index in [9.17, 15) is 13.2 Å². The minimum absolute atomic E-state index is 0.175. The lowest BCUT2D eigenvalue weighted by Gasteiger charge is -2.14. The monoisotopic (exact) mass is 476 g/mol. The number of rotatable bonds is 7. The molecule has 1 aromatic heterocycles. The maximum atomic E-state index is 13.6. The lowest BCUT2D eigenvalue weighted by molar-refractivity contribution is 0.103. The van der Waals surface area contributed by atoms with Gasteiger partial charge in [0.1, 0.15) is 18.4 Å². The van der Waals surface area contributed by atoms with Gasteiger partial charge in [0, 0.05) is 16.8 Å². The maximum absolute atomic E-state index is 13.6. The largest absolute Gasteiger partial charge is 0.496 e. The summed E-state index contributed by atoms with van der Waals surface area (Å²) in [6, 6.07) is 16.0. The van der Waals surface area contributed by atoms with Crippen LogP contribution < -0.4 is 9.46 Å². The van der Waals surface area contributed by atoms with Crippen LogP contribution in [-0.4, -0.2) is 42.3 Å². The van der Waals surface area contributed by atoms with Crippen LogP contribution >= 0.6 is 0 Å². The van der Waals surface area contributed by atoms with Gasteiger partial charge in [0.15, 0.2) is 5.78 Å². The van der Waals surface area contributed by atoms with Crippen LogP contribution in [0.2, 0.25) is 0 Å². The van der Waals surface area contributed by atoms with E-state index in [4.69, 9.17) is 4.74 Å². The van der Waals surface area contributed by atoms with Crippen molar-refractivity contribution in [3.05, 3.63) is 89.5 Å². The van der Waals surface area contributed by atoms with Crippen LogP contribution in [-0.2, 0) is 10.0 Å². The summed E-state index contributed by atoms with van der Waals surface area (Å²) in [4.78, 5) is 17.6. The predicted octanol–water partition coefficient (Wildman–Crippen LogP) is 4.16. The Labute approximate surface area is 198 Å². The summed E-state index contributed by atoms with van der Waals surface area (Å²) < 4.78 is 32.7. The van der Waals surface area contributed by atoms with Gasteiger partial charge in [0.05, 0.1) is 19.1 Å². The zero-order chi connectivity index (χ0) is 24.5. The van der Waals surface area contributed by atoms with Gasteiger partial charge in [0.25, 0.3) is 0 Å². The quantitative estimate of drug-likeness (QED) is 0.402. The number of hydrogen-bond donors (Lipinski definition) is 1. The van der Waals surface area contributed by atoms with Gasteiger partial charge in [-0.3, -0.25) is 9.52 Å². The Bertz CT molecular complexity index is 1480. The molecule has 0 saturated heterocycles. The van der Waals surface area contributed by atoms with E-state index in [0.717, 1.165) is 28.5 Å². The van der Waals surface area contributed by atoms with Crippen molar-refractivity contribution in [3.63, 3.8) is 0 Å². The lowest BCUT2D eigenvalue weighted by Crippen LogP contribution is -2.10. The summed E-state index contributed by atoms with van der Waals surface area (Å²) in [5.41, 5.74) is 5.46. The molecule has 1 N–H and O–H groups in total. The highest BCUT2D eigenvalue weighted by atomic mass is 32.2. The first-order chi connectivity index (χ1) is 16.2. The zero-order valence-electron chi connectivity index (χ0n) is 19.2. The highest BCUT2D eigenvalue weighted by Gasteiger charge is 2.19. The van der Waals surface area contributed by atoms with E-state index in [1.807, 2.05) is 38.1 Å². The molecule has 0 bridgehead atoms. The number of nitrogens with zero attached hydrogens (tertiary/aromatic N) is 3. The number of hydrogen-bond acceptors (Lipinski definition) is 6. The summed E-state index contributed by atoms with van der Waals surface area (Å²) in [6.45, 7) is 3.89. The molecule has 0 radical (unpaired) electrons. The first-order valence-corrected chi connectivity index (χ1v) is 12.3. The minimum atomic E-state index is -3.41. The molecule has 0 fully saturated rings. The van der Waals surface area contributed by atoms with Crippen molar-refractivity contribution in [1.82, 2.24) is 14.8 Å². The van der Waals surface area contributed by atoms with Gasteiger partial charge in [-0.05, 0) is 72.5 Å². The van der Waals surface area contributed by atoms with Crippen molar-refractivity contribution in [2.24, 2.45) is 0 Å². The number of ketones is 1. The Morgan fingerprint density at radius 2 is 1.79 bits per heavy atom. The number of nitrogens with one attached hydrogen (secondary N) is 1. The number of aromatic nitrogens is 3. The number of benzene rings is 3. The number of anilines is 1.